The van der Waals surface area contributed by atoms with Crippen LogP contribution in [0.5, 0.6) is 0 Å². The summed E-state index contributed by atoms with van der Waals surface area (Å²) in [5.74, 6) is 0. The van der Waals surface area contributed by atoms with Gasteiger partial charge < -0.3 is 10.0 Å². The normalized spacial score (nSPS) is 12.2. The van der Waals surface area contributed by atoms with Crippen LogP contribution in [0.3, 0.4) is 0 Å². The number of aliphatic hydroxyl groups excluding tert-OH is 1. The van der Waals surface area contributed by atoms with E-state index in [-0.39, 0.29) is 11.5 Å². The van der Waals surface area contributed by atoms with Crippen molar-refractivity contribution in [2.75, 3.05) is 33.8 Å². The highest BCUT2D eigenvalue weighted by Crippen LogP contribution is 2.06. The Morgan fingerprint density at radius 3 is 2.83 bits per heavy atom. The van der Waals surface area contributed by atoms with Crippen molar-refractivity contribution in [1.29, 1.82) is 0 Å². The van der Waals surface area contributed by atoms with Gasteiger partial charge in [0.05, 0.1) is 6.20 Å². The largest absolute Gasteiger partial charge is 0.396 e. The Labute approximate surface area is 107 Å². The Hall–Kier alpha value is -0.960. The first-order chi connectivity index (χ1) is 8.45. The molecule has 1 aromatic rings. The molecule has 0 atom stereocenters. The molecule has 0 aliphatic heterocycles. The van der Waals surface area contributed by atoms with Gasteiger partial charge >= 0.3 is 0 Å². The summed E-state index contributed by atoms with van der Waals surface area (Å²) in [7, 11) is 0.270. The second kappa shape index (κ2) is 6.83. The predicted molar refractivity (Wildman–Crippen MR) is 67.7 cm³/mol. The smallest absolute Gasteiger partial charge is 0.243 e. The molecule has 0 saturated heterocycles. The first-order valence-corrected chi connectivity index (χ1v) is 7.22. The van der Waals surface area contributed by atoms with E-state index in [1.165, 1.54) is 17.1 Å². The number of likely N-dealkylation sites (N-methyl/N-ethyl adjacent to an activating group) is 1. The number of nitrogens with one attached hydrogen (secondary N) is 1. The van der Waals surface area contributed by atoms with Gasteiger partial charge in [-0.2, -0.15) is 5.10 Å². The topological polar surface area (TPSA) is 87.5 Å². The van der Waals surface area contributed by atoms with Gasteiger partial charge in [-0.1, -0.05) is 0 Å². The summed E-state index contributed by atoms with van der Waals surface area (Å²) in [6, 6.07) is 0. The maximum Gasteiger partial charge on any atom is 0.243 e. The fraction of sp³-hybridized carbons (Fsp3) is 0.700. The van der Waals surface area contributed by atoms with Crippen LogP contribution < -0.4 is 4.72 Å². The van der Waals surface area contributed by atoms with Crippen LogP contribution in [0.2, 0.25) is 0 Å². The summed E-state index contributed by atoms with van der Waals surface area (Å²) in [6.07, 6.45) is 3.33. The van der Waals surface area contributed by atoms with Crippen molar-refractivity contribution in [3.05, 3.63) is 12.4 Å². The minimum absolute atomic E-state index is 0.0586. The first-order valence-electron chi connectivity index (χ1n) is 5.73. The van der Waals surface area contributed by atoms with Crippen LogP contribution in [-0.4, -0.2) is 62.0 Å². The van der Waals surface area contributed by atoms with Crippen molar-refractivity contribution in [3.63, 3.8) is 0 Å². The Morgan fingerprint density at radius 1 is 1.50 bits per heavy atom. The number of aryl methyl sites for hydroxylation is 1. The first kappa shape index (κ1) is 15.1. The molecule has 0 spiro atoms. The molecule has 1 heterocycles. The van der Waals surface area contributed by atoms with Crippen LogP contribution in [0, 0.1) is 0 Å². The molecule has 0 saturated carbocycles. The molecule has 1 aromatic heterocycles. The molecule has 0 unspecified atom stereocenters. The number of sulfonamides is 1. The highest BCUT2D eigenvalue weighted by Gasteiger charge is 2.15. The SMILES string of the molecule is CN(C)CCNS(=O)(=O)c1cnn(CCCO)c1. The zero-order valence-corrected chi connectivity index (χ0v) is 11.5. The molecule has 104 valence electrons. The van der Waals surface area contributed by atoms with Crippen molar-refractivity contribution in [2.24, 2.45) is 0 Å². The average Bonchev–Trinajstić information content (AvgIpc) is 2.74. The molecule has 0 aliphatic carbocycles. The van der Waals surface area contributed by atoms with E-state index < -0.39 is 10.0 Å². The number of hydrogen-bond acceptors (Lipinski definition) is 5. The van der Waals surface area contributed by atoms with Gasteiger partial charge in [0, 0.05) is 32.4 Å². The van der Waals surface area contributed by atoms with E-state index in [9.17, 15) is 8.42 Å². The summed E-state index contributed by atoms with van der Waals surface area (Å²) in [4.78, 5) is 2.05. The number of rotatable bonds is 8. The van der Waals surface area contributed by atoms with Gasteiger partial charge in [-0.3, -0.25) is 4.68 Å². The molecule has 0 fully saturated rings. The zero-order valence-electron chi connectivity index (χ0n) is 10.7. The molecular formula is C10H20N4O3S. The van der Waals surface area contributed by atoms with Crippen LogP contribution >= 0.6 is 0 Å². The summed E-state index contributed by atoms with van der Waals surface area (Å²) in [5, 5.41) is 12.6. The zero-order chi connectivity index (χ0) is 13.6. The number of hydrogen-bond donors (Lipinski definition) is 2. The van der Waals surface area contributed by atoms with Crippen molar-refractivity contribution >= 4 is 10.0 Å². The van der Waals surface area contributed by atoms with Crippen LogP contribution in [-0.2, 0) is 16.6 Å². The standard InChI is InChI=1S/C10H20N4O3S/c1-13(2)6-4-12-18(16,17)10-8-11-14(9-10)5-3-7-15/h8-9,12,15H,3-7H2,1-2H3. The van der Waals surface area contributed by atoms with Crippen molar-refractivity contribution in [3.8, 4) is 0 Å². The van der Waals surface area contributed by atoms with Crippen LogP contribution in [0.15, 0.2) is 17.3 Å². The van der Waals surface area contributed by atoms with E-state index in [4.69, 9.17) is 5.11 Å². The number of nitrogens with zero attached hydrogens (tertiary/aromatic N) is 3. The van der Waals surface area contributed by atoms with E-state index in [0.29, 0.717) is 26.1 Å². The Balaban J connectivity index is 2.58. The molecule has 7 nitrogen and oxygen atoms in total. The van der Waals surface area contributed by atoms with Gasteiger partial charge in [-0.05, 0) is 20.5 Å². The molecule has 0 radical (unpaired) electrons. The third kappa shape index (κ3) is 4.73. The van der Waals surface area contributed by atoms with Crippen LogP contribution in [0.1, 0.15) is 6.42 Å². The average molecular weight is 276 g/mol. The molecule has 0 aromatic carbocycles. The molecule has 1 rings (SSSR count). The van der Waals surface area contributed by atoms with E-state index >= 15 is 0 Å². The van der Waals surface area contributed by atoms with Gasteiger partial charge in [0.2, 0.25) is 10.0 Å². The van der Waals surface area contributed by atoms with Crippen molar-refractivity contribution in [1.82, 2.24) is 19.4 Å². The van der Waals surface area contributed by atoms with Gasteiger partial charge in [-0.15, -0.1) is 0 Å². The fourth-order valence-electron chi connectivity index (χ4n) is 1.33. The maximum atomic E-state index is 11.9. The number of aromatic nitrogens is 2. The summed E-state index contributed by atoms with van der Waals surface area (Å²) in [6.45, 7) is 1.56. The van der Waals surface area contributed by atoms with Crippen molar-refractivity contribution < 1.29 is 13.5 Å². The fourth-order valence-corrected chi connectivity index (χ4v) is 2.30. The van der Waals surface area contributed by atoms with E-state index in [2.05, 4.69) is 9.82 Å². The summed E-state index contributed by atoms with van der Waals surface area (Å²) < 4.78 is 27.8. The molecule has 8 heteroatoms. The lowest BCUT2D eigenvalue weighted by Gasteiger charge is -2.09. The highest BCUT2D eigenvalue weighted by atomic mass is 32.2. The summed E-state index contributed by atoms with van der Waals surface area (Å²) in [5.41, 5.74) is 0. The third-order valence-corrected chi connectivity index (χ3v) is 3.73. The lowest BCUT2D eigenvalue weighted by molar-refractivity contribution is 0.277. The van der Waals surface area contributed by atoms with Gasteiger partial charge in [0.25, 0.3) is 0 Å². The lowest BCUT2D eigenvalue weighted by Crippen LogP contribution is -2.31. The van der Waals surface area contributed by atoms with Gasteiger partial charge in [-0.25, -0.2) is 13.1 Å². The molecule has 2 N–H and O–H groups in total. The Kier molecular flexibility index (Phi) is 5.73. The quantitative estimate of drug-likeness (QED) is 0.643. The molecular weight excluding hydrogens is 256 g/mol. The molecule has 0 bridgehead atoms. The van der Waals surface area contributed by atoms with Crippen LogP contribution in [0.4, 0.5) is 0 Å². The lowest BCUT2D eigenvalue weighted by atomic mass is 10.5. The minimum Gasteiger partial charge on any atom is -0.396 e. The van der Waals surface area contributed by atoms with E-state index in [0.717, 1.165) is 0 Å². The summed E-state index contributed by atoms with van der Waals surface area (Å²) >= 11 is 0. The Bertz CT molecular complexity index is 455. The molecule has 18 heavy (non-hydrogen) atoms. The maximum absolute atomic E-state index is 11.9. The van der Waals surface area contributed by atoms with Gasteiger partial charge in [0.15, 0.2) is 0 Å². The second-order valence-corrected chi connectivity index (χ2v) is 5.98. The predicted octanol–water partition coefficient (Wildman–Crippen LogP) is -0.895. The second-order valence-electron chi connectivity index (χ2n) is 4.22. The molecule has 0 aliphatic rings. The molecule has 0 amide bonds. The van der Waals surface area contributed by atoms with E-state index in [1.807, 2.05) is 19.0 Å². The third-order valence-electron chi connectivity index (χ3n) is 2.32. The van der Waals surface area contributed by atoms with Crippen LogP contribution in [0.25, 0.3) is 0 Å². The van der Waals surface area contributed by atoms with E-state index in [1.54, 1.807) is 0 Å². The monoisotopic (exact) mass is 276 g/mol. The van der Waals surface area contributed by atoms with Gasteiger partial charge in [0.1, 0.15) is 4.90 Å². The Morgan fingerprint density at radius 2 is 2.22 bits per heavy atom. The van der Waals surface area contributed by atoms with Crippen molar-refractivity contribution in [2.45, 2.75) is 17.9 Å². The highest BCUT2D eigenvalue weighted by molar-refractivity contribution is 7.89. The number of aliphatic hydroxyl groups is 1. The minimum atomic E-state index is -3.48.